The molecule has 0 bridgehead atoms. The molecule has 5 heteroatoms. The number of hydrogen-bond acceptors (Lipinski definition) is 3. The molecule has 0 aromatic heterocycles. The fraction of sp³-hybridized carbons (Fsp3) is 0.875. The zero-order valence-electron chi connectivity index (χ0n) is 13.6. The van der Waals surface area contributed by atoms with Gasteiger partial charge in [0.2, 0.25) is 5.91 Å². The van der Waals surface area contributed by atoms with Gasteiger partial charge in [-0.25, -0.2) is 0 Å². The van der Waals surface area contributed by atoms with Crippen molar-refractivity contribution >= 4 is 11.9 Å². The average molecular weight is 299 g/mol. The summed E-state index contributed by atoms with van der Waals surface area (Å²) in [7, 11) is 0. The first-order valence-electron chi connectivity index (χ1n) is 8.11. The summed E-state index contributed by atoms with van der Waals surface area (Å²) in [5.74, 6) is -0.914. The molecule has 1 N–H and O–H groups in total. The van der Waals surface area contributed by atoms with Crippen molar-refractivity contribution in [3.63, 3.8) is 0 Å². The fourth-order valence-electron chi connectivity index (χ4n) is 2.86. The van der Waals surface area contributed by atoms with Crippen LogP contribution in [0.15, 0.2) is 0 Å². The van der Waals surface area contributed by atoms with Crippen molar-refractivity contribution in [2.45, 2.75) is 65.4 Å². The summed E-state index contributed by atoms with van der Waals surface area (Å²) in [5, 5.41) is 9.44. The van der Waals surface area contributed by atoms with Gasteiger partial charge in [-0.1, -0.05) is 20.8 Å². The van der Waals surface area contributed by atoms with Crippen LogP contribution in [0.1, 0.15) is 59.3 Å². The summed E-state index contributed by atoms with van der Waals surface area (Å²) in [6.45, 7) is 7.78. The Morgan fingerprint density at radius 1 is 1.29 bits per heavy atom. The lowest BCUT2D eigenvalue weighted by atomic mass is 9.78. The Bertz CT molecular complexity index is 352. The number of carboxylic acids is 1. The highest BCUT2D eigenvalue weighted by molar-refractivity contribution is 5.85. The van der Waals surface area contributed by atoms with E-state index in [0.717, 1.165) is 25.9 Å². The van der Waals surface area contributed by atoms with Crippen molar-refractivity contribution in [1.29, 1.82) is 0 Å². The number of ether oxygens (including phenoxy) is 1. The second-order valence-corrected chi connectivity index (χ2v) is 5.94. The Kier molecular flexibility index (Phi) is 7.15. The monoisotopic (exact) mass is 299 g/mol. The Morgan fingerprint density at radius 3 is 2.48 bits per heavy atom. The zero-order chi connectivity index (χ0) is 15.9. The van der Waals surface area contributed by atoms with Crippen LogP contribution in [0.3, 0.4) is 0 Å². The Balaban J connectivity index is 2.63. The van der Waals surface area contributed by atoms with Gasteiger partial charge in [0.1, 0.15) is 0 Å². The molecule has 21 heavy (non-hydrogen) atoms. The van der Waals surface area contributed by atoms with E-state index in [1.807, 2.05) is 13.8 Å². The molecule has 0 spiro atoms. The molecule has 1 rings (SSSR count). The highest BCUT2D eigenvalue weighted by Crippen LogP contribution is 2.32. The molecule has 0 aromatic carbocycles. The molecule has 1 unspecified atom stereocenters. The minimum Gasteiger partial charge on any atom is -0.481 e. The fourth-order valence-corrected chi connectivity index (χ4v) is 2.86. The maximum absolute atomic E-state index is 12.5. The molecule has 1 fully saturated rings. The third kappa shape index (κ3) is 4.70. The number of carboxylic acid groups (broad SMARTS) is 1. The maximum Gasteiger partial charge on any atom is 0.310 e. The van der Waals surface area contributed by atoms with E-state index in [9.17, 15) is 14.7 Å². The number of amides is 1. The van der Waals surface area contributed by atoms with Gasteiger partial charge < -0.3 is 14.7 Å². The van der Waals surface area contributed by atoms with Crippen molar-refractivity contribution in [2.75, 3.05) is 19.7 Å². The number of aliphatic carboxylic acids is 1. The first-order chi connectivity index (χ1) is 9.99. The Hall–Kier alpha value is -1.10. The van der Waals surface area contributed by atoms with Gasteiger partial charge in [0.25, 0.3) is 0 Å². The van der Waals surface area contributed by atoms with Crippen molar-refractivity contribution in [3.05, 3.63) is 0 Å². The normalized spacial score (nSPS) is 19.6. The van der Waals surface area contributed by atoms with E-state index >= 15 is 0 Å². The molecule has 5 nitrogen and oxygen atoms in total. The van der Waals surface area contributed by atoms with Crippen molar-refractivity contribution < 1.29 is 19.4 Å². The van der Waals surface area contributed by atoms with E-state index in [1.165, 1.54) is 0 Å². The minimum atomic E-state index is -0.922. The van der Waals surface area contributed by atoms with Crippen molar-refractivity contribution in [2.24, 2.45) is 5.41 Å². The molecule has 1 heterocycles. The van der Waals surface area contributed by atoms with Crippen molar-refractivity contribution in [1.82, 2.24) is 4.90 Å². The molecular weight excluding hydrogens is 270 g/mol. The maximum atomic E-state index is 12.5. The van der Waals surface area contributed by atoms with Crippen LogP contribution in [0.4, 0.5) is 0 Å². The molecule has 1 atom stereocenters. The van der Waals surface area contributed by atoms with Crippen molar-refractivity contribution in [3.8, 4) is 0 Å². The minimum absolute atomic E-state index is 0.0501. The van der Waals surface area contributed by atoms with Crippen LogP contribution in [-0.4, -0.2) is 47.7 Å². The molecule has 0 aromatic rings. The van der Waals surface area contributed by atoms with Gasteiger partial charge in [0.05, 0.1) is 11.5 Å². The van der Waals surface area contributed by atoms with Gasteiger partial charge in [-0.15, -0.1) is 0 Å². The van der Waals surface area contributed by atoms with Crippen LogP contribution in [0.5, 0.6) is 0 Å². The van der Waals surface area contributed by atoms with Gasteiger partial charge in [-0.2, -0.15) is 0 Å². The molecule has 0 aliphatic carbocycles. The number of hydrogen-bond donors (Lipinski definition) is 1. The van der Waals surface area contributed by atoms with Gasteiger partial charge in [0.15, 0.2) is 0 Å². The lowest BCUT2D eigenvalue weighted by molar-refractivity contribution is -0.155. The summed E-state index contributed by atoms with van der Waals surface area (Å²) in [5.41, 5.74) is -0.922. The van der Waals surface area contributed by atoms with Crippen LogP contribution < -0.4 is 0 Å². The highest BCUT2D eigenvalue weighted by atomic mass is 16.5. The number of carbonyl (C=O) groups excluding carboxylic acids is 1. The van der Waals surface area contributed by atoms with E-state index in [-0.39, 0.29) is 18.4 Å². The van der Waals surface area contributed by atoms with Crippen LogP contribution in [-0.2, 0) is 14.3 Å². The predicted octanol–water partition coefficient (Wildman–Crippen LogP) is 2.69. The molecule has 1 amide bonds. The standard InChI is InChI=1S/C16H29NO4/c1-4-10-21-13-8-7-9-17(12-13)14(18)11-16(5-2,6-3)15(19)20/h13H,4-12H2,1-3H3,(H,19,20). The smallest absolute Gasteiger partial charge is 0.310 e. The third-order valence-electron chi connectivity index (χ3n) is 4.59. The van der Waals surface area contributed by atoms with E-state index in [4.69, 9.17) is 4.74 Å². The number of rotatable bonds is 8. The number of nitrogens with zero attached hydrogens (tertiary/aromatic N) is 1. The lowest BCUT2D eigenvalue weighted by Crippen LogP contribution is -2.46. The summed E-state index contributed by atoms with van der Waals surface area (Å²) >= 11 is 0. The molecular formula is C16H29NO4. The average Bonchev–Trinajstić information content (AvgIpc) is 2.50. The molecule has 1 aliphatic rings. The van der Waals surface area contributed by atoms with E-state index in [2.05, 4.69) is 6.92 Å². The van der Waals surface area contributed by atoms with Gasteiger partial charge in [0, 0.05) is 26.1 Å². The van der Waals surface area contributed by atoms with Gasteiger partial charge in [-0.05, 0) is 32.1 Å². The molecule has 122 valence electrons. The summed E-state index contributed by atoms with van der Waals surface area (Å²) in [6.07, 6.45) is 4.04. The van der Waals surface area contributed by atoms with Crippen LogP contribution >= 0.6 is 0 Å². The summed E-state index contributed by atoms with van der Waals surface area (Å²) in [4.78, 5) is 25.8. The first-order valence-corrected chi connectivity index (χ1v) is 8.11. The van der Waals surface area contributed by atoms with E-state index in [1.54, 1.807) is 4.90 Å². The van der Waals surface area contributed by atoms with Crippen LogP contribution in [0.2, 0.25) is 0 Å². The largest absolute Gasteiger partial charge is 0.481 e. The Labute approximate surface area is 127 Å². The lowest BCUT2D eigenvalue weighted by Gasteiger charge is -2.35. The van der Waals surface area contributed by atoms with E-state index in [0.29, 0.717) is 25.9 Å². The summed E-state index contributed by atoms with van der Waals surface area (Å²) < 4.78 is 5.73. The topological polar surface area (TPSA) is 66.8 Å². The number of piperidine rings is 1. The first kappa shape index (κ1) is 18.0. The van der Waals surface area contributed by atoms with E-state index < -0.39 is 11.4 Å². The Morgan fingerprint density at radius 2 is 1.95 bits per heavy atom. The van der Waals surface area contributed by atoms with Crippen LogP contribution in [0, 0.1) is 5.41 Å². The molecule has 0 radical (unpaired) electrons. The number of likely N-dealkylation sites (tertiary alicyclic amines) is 1. The highest BCUT2D eigenvalue weighted by Gasteiger charge is 2.39. The quantitative estimate of drug-likeness (QED) is 0.748. The van der Waals surface area contributed by atoms with Crippen LogP contribution in [0.25, 0.3) is 0 Å². The zero-order valence-corrected chi connectivity index (χ0v) is 13.6. The second kappa shape index (κ2) is 8.37. The summed E-state index contributed by atoms with van der Waals surface area (Å²) in [6, 6.07) is 0. The second-order valence-electron chi connectivity index (χ2n) is 5.94. The molecule has 0 saturated carbocycles. The SMILES string of the molecule is CCCOC1CCCN(C(=O)CC(CC)(CC)C(=O)O)C1. The number of carbonyl (C=O) groups is 2. The molecule has 1 saturated heterocycles. The third-order valence-corrected chi connectivity index (χ3v) is 4.59. The predicted molar refractivity (Wildman–Crippen MR) is 81.1 cm³/mol. The molecule has 1 aliphatic heterocycles. The van der Waals surface area contributed by atoms with Gasteiger partial charge in [-0.3, -0.25) is 9.59 Å². The van der Waals surface area contributed by atoms with Gasteiger partial charge >= 0.3 is 5.97 Å².